The van der Waals surface area contributed by atoms with Gasteiger partial charge in [-0.05, 0) is 12.8 Å². The van der Waals surface area contributed by atoms with Crippen LogP contribution in [0.2, 0.25) is 0 Å². The molecular weight excluding hydrogens is 291 g/mol. The fourth-order valence-corrected chi connectivity index (χ4v) is 5.80. The van der Waals surface area contributed by atoms with Crippen molar-refractivity contribution in [3.63, 3.8) is 0 Å². The van der Waals surface area contributed by atoms with Gasteiger partial charge in [-0.15, -0.1) is 0 Å². The quantitative estimate of drug-likeness (QED) is 0.590. The van der Waals surface area contributed by atoms with Crippen LogP contribution in [0.4, 0.5) is 0 Å². The molecule has 2 rings (SSSR count). The van der Waals surface area contributed by atoms with Crippen molar-refractivity contribution in [2.24, 2.45) is 7.05 Å². The third kappa shape index (κ3) is 3.70. The SMILES string of the molecule is Cn1ccnc1CCCCP(=O)(c1ccccc1)C(C)(C)C. The summed E-state index contributed by atoms with van der Waals surface area (Å²) in [5.41, 5.74) is 0. The van der Waals surface area contributed by atoms with Gasteiger partial charge >= 0.3 is 0 Å². The Morgan fingerprint density at radius 2 is 1.82 bits per heavy atom. The summed E-state index contributed by atoms with van der Waals surface area (Å²) in [7, 11) is -0.381. The third-order valence-electron chi connectivity index (χ3n) is 4.30. The molecule has 0 fully saturated rings. The summed E-state index contributed by atoms with van der Waals surface area (Å²) in [6.07, 6.45) is 7.51. The van der Waals surface area contributed by atoms with E-state index in [4.69, 9.17) is 0 Å². The number of unbranched alkanes of at least 4 members (excludes halogenated alkanes) is 1. The van der Waals surface area contributed by atoms with Gasteiger partial charge in [0.25, 0.3) is 0 Å². The van der Waals surface area contributed by atoms with Gasteiger partial charge in [-0.2, -0.15) is 0 Å². The first-order chi connectivity index (χ1) is 10.3. The number of hydrogen-bond acceptors (Lipinski definition) is 2. The average Bonchev–Trinajstić information content (AvgIpc) is 2.88. The Hall–Kier alpha value is -1.34. The third-order valence-corrected chi connectivity index (χ3v) is 8.55. The molecule has 0 saturated carbocycles. The van der Waals surface area contributed by atoms with E-state index in [0.717, 1.165) is 36.6 Å². The zero-order chi connectivity index (χ0) is 16.2. The smallest absolute Gasteiger partial charge is 0.120 e. The van der Waals surface area contributed by atoms with Crippen LogP contribution in [0.5, 0.6) is 0 Å². The predicted octanol–water partition coefficient (Wildman–Crippen LogP) is 4.23. The van der Waals surface area contributed by atoms with Crippen LogP contribution in [0.1, 0.15) is 39.4 Å². The van der Waals surface area contributed by atoms with E-state index in [0.29, 0.717) is 0 Å². The van der Waals surface area contributed by atoms with Crippen molar-refractivity contribution in [1.29, 1.82) is 0 Å². The van der Waals surface area contributed by atoms with Crippen molar-refractivity contribution in [3.05, 3.63) is 48.5 Å². The maximum atomic E-state index is 13.6. The molecule has 4 heteroatoms. The summed E-state index contributed by atoms with van der Waals surface area (Å²) in [6.45, 7) is 6.29. The van der Waals surface area contributed by atoms with Crippen molar-refractivity contribution in [3.8, 4) is 0 Å². The number of aryl methyl sites for hydroxylation is 2. The second-order valence-electron chi connectivity index (χ2n) is 6.88. The molecule has 1 aromatic carbocycles. The lowest BCUT2D eigenvalue weighted by Crippen LogP contribution is -2.25. The van der Waals surface area contributed by atoms with E-state index < -0.39 is 7.14 Å². The Kier molecular flexibility index (Phi) is 5.28. The Labute approximate surface area is 134 Å². The Morgan fingerprint density at radius 1 is 1.14 bits per heavy atom. The van der Waals surface area contributed by atoms with Crippen molar-refractivity contribution in [2.75, 3.05) is 6.16 Å². The number of hydrogen-bond donors (Lipinski definition) is 0. The average molecular weight is 318 g/mol. The molecule has 1 aromatic heterocycles. The molecule has 2 aromatic rings. The lowest BCUT2D eigenvalue weighted by Gasteiger charge is -2.32. The fourth-order valence-electron chi connectivity index (χ4n) is 2.78. The van der Waals surface area contributed by atoms with Gasteiger partial charge in [0.1, 0.15) is 13.0 Å². The highest BCUT2D eigenvalue weighted by atomic mass is 31.2. The second kappa shape index (κ2) is 6.83. The highest BCUT2D eigenvalue weighted by Gasteiger charge is 2.37. The molecule has 0 saturated heterocycles. The lowest BCUT2D eigenvalue weighted by atomic mass is 10.2. The zero-order valence-electron chi connectivity index (χ0n) is 14.1. The minimum absolute atomic E-state index is 0.197. The first kappa shape index (κ1) is 17.0. The molecule has 0 amide bonds. The molecule has 1 atom stereocenters. The largest absolute Gasteiger partial charge is 0.338 e. The fraction of sp³-hybridized carbons (Fsp3) is 0.500. The van der Waals surface area contributed by atoms with Crippen molar-refractivity contribution in [1.82, 2.24) is 9.55 Å². The Morgan fingerprint density at radius 3 is 2.36 bits per heavy atom. The van der Waals surface area contributed by atoms with Crippen LogP contribution >= 0.6 is 7.14 Å². The van der Waals surface area contributed by atoms with E-state index >= 15 is 0 Å². The van der Waals surface area contributed by atoms with Gasteiger partial charge in [0, 0.05) is 42.5 Å². The molecule has 0 aliphatic heterocycles. The summed E-state index contributed by atoms with van der Waals surface area (Å²) in [5.74, 6) is 1.10. The van der Waals surface area contributed by atoms with E-state index in [2.05, 4.69) is 30.3 Å². The van der Waals surface area contributed by atoms with Crippen LogP contribution < -0.4 is 5.30 Å². The number of benzene rings is 1. The van der Waals surface area contributed by atoms with Crippen molar-refractivity contribution in [2.45, 2.75) is 45.2 Å². The predicted molar refractivity (Wildman–Crippen MR) is 94.4 cm³/mol. The van der Waals surface area contributed by atoms with Crippen LogP contribution in [0, 0.1) is 0 Å². The van der Waals surface area contributed by atoms with Gasteiger partial charge < -0.3 is 9.13 Å². The summed E-state index contributed by atoms with van der Waals surface area (Å²) in [5, 5.41) is 0.817. The number of imidazole rings is 1. The minimum atomic E-state index is -2.40. The maximum Gasteiger partial charge on any atom is 0.120 e. The van der Waals surface area contributed by atoms with Crippen LogP contribution in [-0.2, 0) is 18.0 Å². The molecule has 3 nitrogen and oxygen atoms in total. The zero-order valence-corrected chi connectivity index (χ0v) is 15.0. The van der Waals surface area contributed by atoms with Crippen LogP contribution in [-0.4, -0.2) is 20.9 Å². The Bertz CT molecular complexity index is 641. The number of nitrogens with zero attached hydrogens (tertiary/aromatic N) is 2. The van der Waals surface area contributed by atoms with E-state index in [1.165, 1.54) is 0 Å². The molecule has 1 unspecified atom stereocenters. The van der Waals surface area contributed by atoms with Crippen molar-refractivity contribution < 1.29 is 4.57 Å². The monoisotopic (exact) mass is 318 g/mol. The van der Waals surface area contributed by atoms with E-state index in [-0.39, 0.29) is 5.16 Å². The molecular formula is C18H27N2OP. The van der Waals surface area contributed by atoms with E-state index in [1.54, 1.807) is 0 Å². The second-order valence-corrected chi connectivity index (χ2v) is 10.7. The van der Waals surface area contributed by atoms with E-state index in [9.17, 15) is 4.57 Å². The van der Waals surface area contributed by atoms with Gasteiger partial charge in [0.15, 0.2) is 0 Å². The summed E-state index contributed by atoms with van der Waals surface area (Å²) in [4.78, 5) is 4.35. The molecule has 0 bridgehead atoms. The number of rotatable bonds is 6. The molecule has 0 aliphatic rings. The van der Waals surface area contributed by atoms with E-state index in [1.807, 2.05) is 49.8 Å². The van der Waals surface area contributed by atoms with Gasteiger partial charge in [0.05, 0.1) is 0 Å². The summed E-state index contributed by atoms with van der Waals surface area (Å²) < 4.78 is 15.7. The van der Waals surface area contributed by atoms with Gasteiger partial charge in [-0.1, -0.05) is 51.1 Å². The van der Waals surface area contributed by atoms with Crippen molar-refractivity contribution >= 4 is 12.4 Å². The summed E-state index contributed by atoms with van der Waals surface area (Å²) >= 11 is 0. The van der Waals surface area contributed by atoms with Gasteiger partial charge in [-0.3, -0.25) is 0 Å². The van der Waals surface area contributed by atoms with Crippen LogP contribution in [0.3, 0.4) is 0 Å². The molecule has 120 valence electrons. The minimum Gasteiger partial charge on any atom is -0.338 e. The molecule has 0 N–H and O–H groups in total. The topological polar surface area (TPSA) is 34.9 Å². The normalized spacial score (nSPS) is 14.7. The summed E-state index contributed by atoms with van der Waals surface area (Å²) in [6, 6.07) is 10.00. The first-order valence-electron chi connectivity index (χ1n) is 7.95. The standard InChI is InChI=1S/C18H27N2OP/c1-18(2,3)22(21,16-10-6-5-7-11-16)15-9-8-12-17-19-13-14-20(17)4/h5-7,10-11,13-14H,8-9,12,15H2,1-4H3. The van der Waals surface area contributed by atoms with Gasteiger partial charge in [-0.25, -0.2) is 4.98 Å². The van der Waals surface area contributed by atoms with Crippen LogP contribution in [0.25, 0.3) is 0 Å². The molecule has 0 radical (unpaired) electrons. The lowest BCUT2D eigenvalue weighted by molar-refractivity contribution is 0.552. The van der Waals surface area contributed by atoms with Gasteiger partial charge in [0.2, 0.25) is 0 Å². The molecule has 0 spiro atoms. The number of aromatic nitrogens is 2. The van der Waals surface area contributed by atoms with Crippen LogP contribution in [0.15, 0.2) is 42.7 Å². The Balaban J connectivity index is 2.03. The maximum absolute atomic E-state index is 13.6. The molecule has 0 aliphatic carbocycles. The highest BCUT2D eigenvalue weighted by molar-refractivity contribution is 7.73. The highest BCUT2D eigenvalue weighted by Crippen LogP contribution is 2.57. The first-order valence-corrected chi connectivity index (χ1v) is 9.85. The molecule has 1 heterocycles. The molecule has 22 heavy (non-hydrogen) atoms.